The van der Waals surface area contributed by atoms with E-state index in [4.69, 9.17) is 4.74 Å². The molecule has 9 heteroatoms. The van der Waals surface area contributed by atoms with E-state index in [9.17, 15) is 19.1 Å². The third-order valence-electron chi connectivity index (χ3n) is 6.11. The zero-order chi connectivity index (χ0) is 23.1. The molecule has 0 saturated carbocycles. The number of ether oxygens (including phenoxy) is 1. The van der Waals surface area contributed by atoms with Gasteiger partial charge in [-0.25, -0.2) is 9.18 Å². The Morgan fingerprint density at radius 3 is 2.55 bits per heavy atom. The van der Waals surface area contributed by atoms with Crippen LogP contribution in [0, 0.1) is 5.82 Å². The van der Waals surface area contributed by atoms with Crippen molar-refractivity contribution in [2.45, 2.75) is 25.4 Å². The van der Waals surface area contributed by atoms with Gasteiger partial charge < -0.3 is 14.7 Å². The van der Waals surface area contributed by atoms with Gasteiger partial charge in [0.05, 0.1) is 49.3 Å². The first-order chi connectivity index (χ1) is 15.9. The van der Waals surface area contributed by atoms with Crippen molar-refractivity contribution in [1.29, 1.82) is 0 Å². The molecule has 1 atom stereocenters. The lowest BCUT2D eigenvalue weighted by atomic mass is 10.0. The van der Waals surface area contributed by atoms with Crippen LogP contribution in [0.4, 0.5) is 20.6 Å². The van der Waals surface area contributed by atoms with Crippen molar-refractivity contribution in [3.63, 3.8) is 0 Å². The molecule has 1 N–H and O–H groups in total. The van der Waals surface area contributed by atoms with Crippen LogP contribution in [0.1, 0.15) is 18.5 Å². The van der Waals surface area contributed by atoms with Crippen molar-refractivity contribution in [1.82, 2.24) is 9.78 Å². The maximum Gasteiger partial charge on any atom is 0.411 e. The minimum atomic E-state index is -1.08. The number of hydrogen-bond acceptors (Lipinski definition) is 4. The number of aromatic nitrogens is 2. The van der Waals surface area contributed by atoms with Crippen LogP contribution < -0.4 is 9.80 Å². The number of carbonyl (C=O) groups excluding carboxylic acids is 1. The summed E-state index contributed by atoms with van der Waals surface area (Å²) in [7, 11) is 0. The zero-order valence-corrected chi connectivity index (χ0v) is 18.0. The van der Waals surface area contributed by atoms with Crippen LogP contribution in [-0.4, -0.2) is 52.7 Å². The molecule has 5 rings (SSSR count). The van der Waals surface area contributed by atoms with Crippen molar-refractivity contribution in [2.75, 3.05) is 29.6 Å². The number of amides is 2. The second-order valence-electron chi connectivity index (χ2n) is 8.41. The fourth-order valence-corrected chi connectivity index (χ4v) is 4.29. The average Bonchev–Trinajstić information content (AvgIpc) is 3.22. The molecule has 3 heterocycles. The van der Waals surface area contributed by atoms with Crippen LogP contribution in [0.15, 0.2) is 54.9 Å². The van der Waals surface area contributed by atoms with Gasteiger partial charge in [0.15, 0.2) is 0 Å². The van der Waals surface area contributed by atoms with Crippen LogP contribution in [0.25, 0.3) is 11.1 Å². The molecular weight excluding hydrogens is 427 g/mol. The number of fused-ring (bicyclic) bond motifs is 1. The Bertz CT molecular complexity index is 1210. The van der Waals surface area contributed by atoms with E-state index in [1.54, 1.807) is 35.4 Å². The molecule has 0 bridgehead atoms. The highest BCUT2D eigenvalue weighted by Crippen LogP contribution is 2.39. The van der Waals surface area contributed by atoms with E-state index in [2.05, 4.69) is 5.10 Å². The van der Waals surface area contributed by atoms with Gasteiger partial charge in [0, 0.05) is 18.3 Å². The third-order valence-corrected chi connectivity index (χ3v) is 6.11. The second-order valence-corrected chi connectivity index (χ2v) is 8.41. The summed E-state index contributed by atoms with van der Waals surface area (Å²) in [6.07, 6.45) is 2.68. The van der Waals surface area contributed by atoms with E-state index >= 15 is 0 Å². The lowest BCUT2D eigenvalue weighted by Gasteiger charge is -2.40. The molecule has 2 aromatic carbocycles. The molecule has 1 saturated heterocycles. The van der Waals surface area contributed by atoms with Crippen molar-refractivity contribution >= 4 is 23.4 Å². The third kappa shape index (κ3) is 3.95. The quantitative estimate of drug-likeness (QED) is 0.655. The molecule has 0 unspecified atom stereocenters. The molecule has 2 aliphatic rings. The topological polar surface area (TPSA) is 87.9 Å². The molecule has 1 aromatic heterocycles. The van der Waals surface area contributed by atoms with Crippen LogP contribution in [0.2, 0.25) is 0 Å². The highest BCUT2D eigenvalue weighted by atomic mass is 19.1. The van der Waals surface area contributed by atoms with Crippen molar-refractivity contribution in [3.8, 4) is 11.1 Å². The average molecular weight is 450 g/mol. The number of rotatable bonds is 4. The number of carboxylic acid groups (broad SMARTS) is 1. The van der Waals surface area contributed by atoms with E-state index in [0.29, 0.717) is 30.2 Å². The maximum absolute atomic E-state index is 13.2. The molecule has 1 fully saturated rings. The Balaban J connectivity index is 1.48. The Labute approximate surface area is 189 Å². The maximum atomic E-state index is 13.2. The van der Waals surface area contributed by atoms with Gasteiger partial charge in [-0.15, -0.1) is 0 Å². The van der Waals surface area contributed by atoms with Crippen LogP contribution in [0.5, 0.6) is 0 Å². The van der Waals surface area contributed by atoms with Gasteiger partial charge in [-0.2, -0.15) is 5.10 Å². The van der Waals surface area contributed by atoms with Gasteiger partial charge in [-0.3, -0.25) is 14.4 Å². The molecule has 0 aliphatic carbocycles. The number of anilines is 2. The highest BCUT2D eigenvalue weighted by Gasteiger charge is 2.35. The summed E-state index contributed by atoms with van der Waals surface area (Å²) < 4.78 is 20.3. The van der Waals surface area contributed by atoms with E-state index < -0.39 is 6.09 Å². The molecule has 2 amide bonds. The van der Waals surface area contributed by atoms with E-state index in [1.165, 1.54) is 17.0 Å². The van der Waals surface area contributed by atoms with E-state index in [0.717, 1.165) is 11.1 Å². The van der Waals surface area contributed by atoms with Crippen molar-refractivity contribution in [2.24, 2.45) is 0 Å². The van der Waals surface area contributed by atoms with Gasteiger partial charge in [-0.1, -0.05) is 18.2 Å². The number of hydrogen-bond donors (Lipinski definition) is 1. The smallest absolute Gasteiger partial charge is 0.411 e. The molecule has 0 radical (unpaired) electrons. The van der Waals surface area contributed by atoms with Crippen molar-refractivity contribution < 1.29 is 23.8 Å². The Kier molecular flexibility index (Phi) is 5.33. The molecule has 2 aliphatic heterocycles. The Hall–Kier alpha value is -3.72. The highest BCUT2D eigenvalue weighted by molar-refractivity contribution is 6.04. The number of halogens is 1. The molecular formula is C24H23FN4O4. The monoisotopic (exact) mass is 450 g/mol. The van der Waals surface area contributed by atoms with Gasteiger partial charge in [0.1, 0.15) is 5.82 Å². The summed E-state index contributed by atoms with van der Waals surface area (Å²) in [5.41, 5.74) is 3.35. The number of carbonyl (C=O) groups is 2. The van der Waals surface area contributed by atoms with E-state index in [1.807, 2.05) is 23.9 Å². The molecule has 170 valence electrons. The first-order valence-corrected chi connectivity index (χ1v) is 10.7. The van der Waals surface area contributed by atoms with Gasteiger partial charge in [0.25, 0.3) is 0 Å². The predicted octanol–water partition coefficient (Wildman–Crippen LogP) is 3.72. The lowest BCUT2D eigenvalue weighted by Crippen LogP contribution is -2.52. The van der Waals surface area contributed by atoms with Gasteiger partial charge in [0.2, 0.25) is 5.91 Å². The largest absolute Gasteiger partial charge is 0.465 e. The SMILES string of the molecule is C[C@H]1CN(C(=O)O)c2cc(-c3cnn(C4COC4)c3)ccc2N1C(=O)Cc1ccc(F)cc1. The normalized spacial score (nSPS) is 18.1. The fraction of sp³-hybridized carbons (Fsp3) is 0.292. The Morgan fingerprint density at radius 1 is 1.12 bits per heavy atom. The van der Waals surface area contributed by atoms with Crippen LogP contribution in [0.3, 0.4) is 0 Å². The summed E-state index contributed by atoms with van der Waals surface area (Å²) in [5, 5.41) is 14.2. The summed E-state index contributed by atoms with van der Waals surface area (Å²) in [5.74, 6) is -0.536. The zero-order valence-electron chi connectivity index (χ0n) is 18.0. The standard InChI is InChI=1S/C24H23FN4O4/c1-15-11-27(24(31)32)22-9-17(18-10-26-28(12-18)20-13-33-14-20)4-7-21(22)29(15)23(30)8-16-2-5-19(25)6-3-16/h2-7,9-10,12,15,20H,8,11,13-14H2,1H3,(H,31,32)/t15-/m0/s1. The summed E-state index contributed by atoms with van der Waals surface area (Å²) in [6.45, 7) is 3.22. The minimum Gasteiger partial charge on any atom is -0.465 e. The molecule has 3 aromatic rings. The first kappa shape index (κ1) is 21.1. The lowest BCUT2D eigenvalue weighted by molar-refractivity contribution is -0.118. The summed E-state index contributed by atoms with van der Waals surface area (Å²) in [6, 6.07) is 11.1. The molecule has 8 nitrogen and oxygen atoms in total. The number of nitrogens with zero attached hydrogens (tertiary/aromatic N) is 4. The van der Waals surface area contributed by atoms with Crippen LogP contribution in [-0.2, 0) is 16.0 Å². The molecule has 0 spiro atoms. The predicted molar refractivity (Wildman–Crippen MR) is 120 cm³/mol. The van der Waals surface area contributed by atoms with Crippen LogP contribution >= 0.6 is 0 Å². The first-order valence-electron chi connectivity index (χ1n) is 10.7. The van der Waals surface area contributed by atoms with Gasteiger partial charge in [-0.05, 0) is 42.3 Å². The second kappa shape index (κ2) is 8.32. The Morgan fingerprint density at radius 2 is 1.88 bits per heavy atom. The molecule has 33 heavy (non-hydrogen) atoms. The fourth-order valence-electron chi connectivity index (χ4n) is 4.29. The summed E-state index contributed by atoms with van der Waals surface area (Å²) in [4.78, 5) is 28.1. The van der Waals surface area contributed by atoms with Gasteiger partial charge >= 0.3 is 6.09 Å². The van der Waals surface area contributed by atoms with Crippen molar-refractivity contribution in [3.05, 3.63) is 66.2 Å². The minimum absolute atomic E-state index is 0.0924. The van der Waals surface area contributed by atoms with E-state index in [-0.39, 0.29) is 36.8 Å². The number of benzene rings is 2. The summed E-state index contributed by atoms with van der Waals surface area (Å²) >= 11 is 0.